The maximum atomic E-state index is 12.5. The number of likely N-dealkylation sites (tertiary alicyclic amines) is 1. The Hall–Kier alpha value is -2.39. The highest BCUT2D eigenvalue weighted by molar-refractivity contribution is 7.89. The van der Waals surface area contributed by atoms with Gasteiger partial charge in [0.15, 0.2) is 0 Å². The third kappa shape index (κ3) is 3.90. The summed E-state index contributed by atoms with van der Waals surface area (Å²) in [5.74, 6) is 0.259. The summed E-state index contributed by atoms with van der Waals surface area (Å²) in [6.45, 7) is 3.79. The molecule has 1 aromatic heterocycles. The Morgan fingerprint density at radius 2 is 1.96 bits per heavy atom. The number of rotatable bonds is 4. The molecule has 0 saturated carbocycles. The normalized spacial score (nSPS) is 21.8. The molecule has 2 aliphatic heterocycles. The smallest absolute Gasteiger partial charge is 0.244 e. The number of fused-ring (bicyclic) bond motifs is 1. The van der Waals surface area contributed by atoms with E-state index in [-0.39, 0.29) is 22.9 Å². The van der Waals surface area contributed by atoms with Gasteiger partial charge in [-0.3, -0.25) is 9.48 Å². The van der Waals surface area contributed by atoms with Crippen LogP contribution in [-0.2, 0) is 21.4 Å². The first-order valence-electron chi connectivity index (χ1n) is 9.58. The summed E-state index contributed by atoms with van der Waals surface area (Å²) in [5, 5.41) is 7.62. The van der Waals surface area contributed by atoms with E-state index in [1.807, 2.05) is 30.2 Å². The van der Waals surface area contributed by atoms with Gasteiger partial charge in [0, 0.05) is 32.3 Å². The molecule has 3 heterocycles. The van der Waals surface area contributed by atoms with E-state index in [0.29, 0.717) is 31.7 Å². The fourth-order valence-electron chi connectivity index (χ4n) is 3.90. The molecule has 1 unspecified atom stereocenters. The SMILES string of the molecule is Cc1ccn(CCC(=O)N2CCC(C3Nc4ccccc4S(=O)(=O)N3)CC2)n1. The Morgan fingerprint density at radius 1 is 1.21 bits per heavy atom. The highest BCUT2D eigenvalue weighted by atomic mass is 32.2. The van der Waals surface area contributed by atoms with E-state index in [9.17, 15) is 13.2 Å². The summed E-state index contributed by atoms with van der Waals surface area (Å²) in [6.07, 6.45) is 3.48. The predicted octanol–water partition coefficient (Wildman–Crippen LogP) is 1.55. The highest BCUT2D eigenvalue weighted by Crippen LogP contribution is 2.30. The van der Waals surface area contributed by atoms with Crippen LogP contribution in [0.3, 0.4) is 0 Å². The van der Waals surface area contributed by atoms with Crippen molar-refractivity contribution < 1.29 is 13.2 Å². The summed E-state index contributed by atoms with van der Waals surface area (Å²) in [4.78, 5) is 14.6. The lowest BCUT2D eigenvalue weighted by molar-refractivity contribution is -0.133. The zero-order chi connectivity index (χ0) is 19.7. The van der Waals surface area contributed by atoms with Gasteiger partial charge in [-0.2, -0.15) is 9.82 Å². The molecule has 150 valence electrons. The first-order valence-corrected chi connectivity index (χ1v) is 11.1. The molecule has 8 nitrogen and oxygen atoms in total. The second-order valence-corrected chi connectivity index (χ2v) is 9.11. The number of aryl methyl sites for hydroxylation is 2. The molecule has 1 atom stereocenters. The average molecular weight is 404 g/mol. The van der Waals surface area contributed by atoms with Crippen LogP contribution >= 0.6 is 0 Å². The summed E-state index contributed by atoms with van der Waals surface area (Å²) in [6, 6.07) is 8.85. The number of amides is 1. The van der Waals surface area contributed by atoms with Crippen LogP contribution < -0.4 is 10.0 Å². The van der Waals surface area contributed by atoms with E-state index in [2.05, 4.69) is 15.1 Å². The number of anilines is 1. The fourth-order valence-corrected chi connectivity index (χ4v) is 5.29. The number of piperidine rings is 1. The number of hydrogen-bond acceptors (Lipinski definition) is 5. The van der Waals surface area contributed by atoms with Crippen molar-refractivity contribution in [2.75, 3.05) is 18.4 Å². The van der Waals surface area contributed by atoms with Gasteiger partial charge in [-0.25, -0.2) is 8.42 Å². The molecule has 1 amide bonds. The van der Waals surface area contributed by atoms with Gasteiger partial charge in [0.05, 0.1) is 17.5 Å². The van der Waals surface area contributed by atoms with Crippen molar-refractivity contribution in [3.05, 3.63) is 42.2 Å². The predicted molar refractivity (Wildman–Crippen MR) is 105 cm³/mol. The standard InChI is InChI=1S/C19H25N5O3S/c1-14-6-12-24(21-14)13-9-18(25)23-10-7-15(8-11-23)19-20-16-4-2-3-5-17(16)28(26,27)22-19/h2-6,12,15,19-20,22H,7-11,13H2,1H3. The number of nitrogens with one attached hydrogen (secondary N) is 2. The van der Waals surface area contributed by atoms with Crippen molar-refractivity contribution in [3.63, 3.8) is 0 Å². The second-order valence-electron chi connectivity index (χ2n) is 7.43. The van der Waals surface area contributed by atoms with E-state index < -0.39 is 10.0 Å². The maximum absolute atomic E-state index is 12.5. The van der Waals surface area contributed by atoms with Crippen molar-refractivity contribution >= 4 is 21.6 Å². The molecule has 2 N–H and O–H groups in total. The quantitative estimate of drug-likeness (QED) is 0.807. The van der Waals surface area contributed by atoms with Gasteiger partial charge in [-0.1, -0.05) is 12.1 Å². The summed E-state index contributed by atoms with van der Waals surface area (Å²) < 4.78 is 29.5. The number of carbonyl (C=O) groups excluding carboxylic acids is 1. The first kappa shape index (κ1) is 18.9. The maximum Gasteiger partial charge on any atom is 0.244 e. The third-order valence-corrected chi connectivity index (χ3v) is 6.96. The van der Waals surface area contributed by atoms with E-state index in [1.54, 1.807) is 22.9 Å². The Labute approximate surface area is 165 Å². The molecule has 1 fully saturated rings. The van der Waals surface area contributed by atoms with Crippen LogP contribution in [0.1, 0.15) is 25.0 Å². The van der Waals surface area contributed by atoms with E-state index in [4.69, 9.17) is 0 Å². The molecule has 1 saturated heterocycles. The molecular weight excluding hydrogens is 378 g/mol. The monoisotopic (exact) mass is 403 g/mol. The van der Waals surface area contributed by atoms with Crippen LogP contribution in [0.4, 0.5) is 5.69 Å². The van der Waals surface area contributed by atoms with Crippen LogP contribution in [0.5, 0.6) is 0 Å². The molecule has 2 aliphatic rings. The van der Waals surface area contributed by atoms with Crippen LogP contribution in [0.2, 0.25) is 0 Å². The molecule has 0 bridgehead atoms. The van der Waals surface area contributed by atoms with E-state index >= 15 is 0 Å². The van der Waals surface area contributed by atoms with Crippen molar-refractivity contribution in [2.24, 2.45) is 5.92 Å². The zero-order valence-corrected chi connectivity index (χ0v) is 16.7. The fraction of sp³-hybridized carbons (Fsp3) is 0.474. The summed E-state index contributed by atoms with van der Waals surface area (Å²) in [7, 11) is -3.51. The topological polar surface area (TPSA) is 96.3 Å². The van der Waals surface area contributed by atoms with Crippen LogP contribution in [0.25, 0.3) is 0 Å². The number of nitrogens with zero attached hydrogens (tertiary/aromatic N) is 3. The molecule has 4 rings (SSSR count). The molecule has 1 aromatic carbocycles. The van der Waals surface area contributed by atoms with Gasteiger partial charge < -0.3 is 10.2 Å². The lowest BCUT2D eigenvalue weighted by Crippen LogP contribution is -2.52. The Kier molecular flexibility index (Phi) is 5.11. The summed E-state index contributed by atoms with van der Waals surface area (Å²) >= 11 is 0. The number of benzene rings is 1. The van der Waals surface area contributed by atoms with Crippen molar-refractivity contribution in [1.29, 1.82) is 0 Å². The second kappa shape index (κ2) is 7.56. The minimum absolute atomic E-state index is 0.120. The van der Waals surface area contributed by atoms with Crippen molar-refractivity contribution in [3.8, 4) is 0 Å². The minimum atomic E-state index is -3.51. The van der Waals surface area contributed by atoms with Gasteiger partial charge >= 0.3 is 0 Å². The molecule has 2 aromatic rings. The van der Waals surface area contributed by atoms with Gasteiger partial charge in [-0.05, 0) is 43.9 Å². The first-order chi connectivity index (χ1) is 13.4. The lowest BCUT2D eigenvalue weighted by Gasteiger charge is -2.39. The third-order valence-electron chi connectivity index (χ3n) is 5.46. The number of aromatic nitrogens is 2. The Morgan fingerprint density at radius 3 is 2.68 bits per heavy atom. The van der Waals surface area contributed by atoms with E-state index in [0.717, 1.165) is 18.5 Å². The number of hydrogen-bond donors (Lipinski definition) is 2. The van der Waals surface area contributed by atoms with Gasteiger partial charge in [0.25, 0.3) is 0 Å². The zero-order valence-electron chi connectivity index (χ0n) is 15.8. The van der Waals surface area contributed by atoms with E-state index in [1.165, 1.54) is 0 Å². The molecular formula is C19H25N5O3S. The lowest BCUT2D eigenvalue weighted by atomic mass is 9.93. The Bertz CT molecular complexity index is 963. The van der Waals surface area contributed by atoms with Gasteiger partial charge in [0.1, 0.15) is 4.90 Å². The largest absolute Gasteiger partial charge is 0.368 e. The van der Waals surface area contributed by atoms with Crippen molar-refractivity contribution in [2.45, 2.75) is 43.8 Å². The molecule has 9 heteroatoms. The number of sulfonamides is 1. The van der Waals surface area contributed by atoms with Gasteiger partial charge in [-0.15, -0.1) is 0 Å². The van der Waals surface area contributed by atoms with Crippen LogP contribution in [0.15, 0.2) is 41.4 Å². The van der Waals surface area contributed by atoms with Gasteiger partial charge in [0.2, 0.25) is 15.9 Å². The Balaban J connectivity index is 1.32. The molecule has 28 heavy (non-hydrogen) atoms. The van der Waals surface area contributed by atoms with Crippen LogP contribution in [0, 0.1) is 12.8 Å². The van der Waals surface area contributed by atoms with Crippen molar-refractivity contribution in [1.82, 2.24) is 19.4 Å². The molecule has 0 spiro atoms. The highest BCUT2D eigenvalue weighted by Gasteiger charge is 2.35. The summed E-state index contributed by atoms with van der Waals surface area (Å²) in [5.41, 5.74) is 1.58. The number of carbonyl (C=O) groups is 1. The molecule has 0 aliphatic carbocycles. The average Bonchev–Trinajstić information content (AvgIpc) is 3.11. The number of para-hydroxylation sites is 1. The minimum Gasteiger partial charge on any atom is -0.368 e. The van der Waals surface area contributed by atoms with Crippen LogP contribution in [-0.4, -0.2) is 48.3 Å². The molecule has 0 radical (unpaired) electrons.